The fourth-order valence-electron chi connectivity index (χ4n) is 2.39. The summed E-state index contributed by atoms with van der Waals surface area (Å²) in [5.74, 6) is -1.14. The van der Waals surface area contributed by atoms with E-state index in [0.29, 0.717) is 11.3 Å². The van der Waals surface area contributed by atoms with E-state index in [-0.39, 0.29) is 17.4 Å². The highest BCUT2D eigenvalue weighted by atomic mass is 16.4. The maximum absolute atomic E-state index is 12.3. The van der Waals surface area contributed by atoms with E-state index >= 15 is 0 Å². The monoisotopic (exact) mass is 277 g/mol. The lowest BCUT2D eigenvalue weighted by Crippen LogP contribution is -2.24. The average Bonchev–Trinajstić information content (AvgIpc) is 2.38. The number of nitrogens with one attached hydrogen (secondary N) is 1. The number of aryl methyl sites for hydroxylation is 1. The first kappa shape index (κ1) is 16.2. The first-order valence-corrected chi connectivity index (χ1v) is 7.15. The molecule has 0 radical (unpaired) electrons. The Hall–Kier alpha value is -1.84. The highest BCUT2D eigenvalue weighted by Crippen LogP contribution is 2.22. The molecule has 0 aromatic heterocycles. The lowest BCUT2D eigenvalue weighted by Gasteiger charge is -2.17. The number of anilines is 1. The molecule has 0 unspecified atom stereocenters. The van der Waals surface area contributed by atoms with Gasteiger partial charge in [-0.15, -0.1) is 0 Å². The highest BCUT2D eigenvalue weighted by Gasteiger charge is 2.20. The van der Waals surface area contributed by atoms with Crippen LogP contribution in [-0.4, -0.2) is 17.0 Å². The zero-order valence-electron chi connectivity index (χ0n) is 12.4. The Bertz CT molecular complexity index is 477. The molecule has 0 aliphatic heterocycles. The van der Waals surface area contributed by atoms with E-state index in [2.05, 4.69) is 5.32 Å². The number of hydrogen-bond acceptors (Lipinski definition) is 2. The summed E-state index contributed by atoms with van der Waals surface area (Å²) in [5.41, 5.74) is 1.21. The van der Waals surface area contributed by atoms with Crippen LogP contribution in [0.2, 0.25) is 0 Å². The summed E-state index contributed by atoms with van der Waals surface area (Å²) in [6, 6.07) is 5.13. The molecular weight excluding hydrogens is 254 g/mol. The van der Waals surface area contributed by atoms with E-state index in [4.69, 9.17) is 0 Å². The molecule has 0 spiro atoms. The van der Waals surface area contributed by atoms with Crippen molar-refractivity contribution in [3.8, 4) is 0 Å². The zero-order chi connectivity index (χ0) is 15.1. The van der Waals surface area contributed by atoms with Gasteiger partial charge in [0.2, 0.25) is 5.91 Å². The van der Waals surface area contributed by atoms with E-state index in [1.54, 1.807) is 25.1 Å². The van der Waals surface area contributed by atoms with Gasteiger partial charge in [0.15, 0.2) is 0 Å². The molecule has 4 nitrogen and oxygen atoms in total. The Kier molecular flexibility index (Phi) is 6.22. The Morgan fingerprint density at radius 1 is 1.20 bits per heavy atom. The highest BCUT2D eigenvalue weighted by molar-refractivity contribution is 6.02. The molecule has 0 atom stereocenters. The van der Waals surface area contributed by atoms with E-state index < -0.39 is 5.97 Å². The summed E-state index contributed by atoms with van der Waals surface area (Å²) in [4.78, 5) is 23.6. The van der Waals surface area contributed by atoms with Crippen LogP contribution in [0.5, 0.6) is 0 Å². The molecule has 1 aromatic carbocycles. The van der Waals surface area contributed by atoms with Gasteiger partial charge in [0, 0.05) is 5.92 Å². The van der Waals surface area contributed by atoms with E-state index in [0.717, 1.165) is 25.7 Å². The molecule has 0 saturated heterocycles. The molecule has 20 heavy (non-hydrogen) atoms. The number of benzene rings is 1. The molecular formula is C16H23NO3. The molecule has 1 rings (SSSR count). The van der Waals surface area contributed by atoms with E-state index in [1.807, 2.05) is 13.8 Å². The number of hydrogen-bond donors (Lipinski definition) is 2. The number of carbonyl (C=O) groups excluding carboxylic acids is 1. The standard InChI is InChI=1S/C16H23NO3/c1-4-7-12(8-5-2)15(18)17-13-10-6-9-11(3)14(13)16(19)20/h6,9-10,12H,4-5,7-8H2,1-3H3,(H,17,18)(H,19,20). The van der Waals surface area contributed by atoms with Crippen LogP contribution in [0.4, 0.5) is 5.69 Å². The smallest absolute Gasteiger partial charge is 0.338 e. The third-order valence-electron chi connectivity index (χ3n) is 3.39. The average molecular weight is 277 g/mol. The van der Waals surface area contributed by atoms with Gasteiger partial charge < -0.3 is 10.4 Å². The minimum absolute atomic E-state index is 0.0489. The molecule has 0 bridgehead atoms. The second-order valence-corrected chi connectivity index (χ2v) is 5.07. The summed E-state index contributed by atoms with van der Waals surface area (Å²) in [7, 11) is 0. The van der Waals surface area contributed by atoms with E-state index in [9.17, 15) is 14.7 Å². The van der Waals surface area contributed by atoms with Gasteiger partial charge in [0.1, 0.15) is 0 Å². The first-order valence-electron chi connectivity index (χ1n) is 7.15. The Morgan fingerprint density at radius 3 is 2.30 bits per heavy atom. The van der Waals surface area contributed by atoms with Gasteiger partial charge in [-0.1, -0.05) is 38.8 Å². The fourth-order valence-corrected chi connectivity index (χ4v) is 2.39. The molecule has 0 heterocycles. The minimum atomic E-state index is -1.01. The van der Waals surface area contributed by atoms with Crippen molar-refractivity contribution >= 4 is 17.6 Å². The van der Waals surface area contributed by atoms with Crippen molar-refractivity contribution in [2.75, 3.05) is 5.32 Å². The van der Waals surface area contributed by atoms with Crippen LogP contribution in [0.25, 0.3) is 0 Å². The summed E-state index contributed by atoms with van der Waals surface area (Å²) < 4.78 is 0. The van der Waals surface area contributed by atoms with Gasteiger partial charge in [-0.3, -0.25) is 4.79 Å². The molecule has 0 saturated carbocycles. The molecule has 110 valence electrons. The van der Waals surface area contributed by atoms with Crippen molar-refractivity contribution < 1.29 is 14.7 Å². The second kappa shape index (κ2) is 7.68. The number of amides is 1. The molecule has 2 N–H and O–H groups in total. The van der Waals surface area contributed by atoms with Crippen LogP contribution in [0.15, 0.2) is 18.2 Å². The van der Waals surface area contributed by atoms with Crippen molar-refractivity contribution in [3.63, 3.8) is 0 Å². The molecule has 0 aliphatic rings. The predicted molar refractivity (Wildman–Crippen MR) is 80.1 cm³/mol. The summed E-state index contributed by atoms with van der Waals surface area (Å²) in [5, 5.41) is 12.0. The van der Waals surface area contributed by atoms with Crippen molar-refractivity contribution in [2.45, 2.75) is 46.5 Å². The summed E-state index contributed by atoms with van der Waals surface area (Å²) in [6.45, 7) is 5.82. The Balaban J connectivity index is 2.94. The second-order valence-electron chi connectivity index (χ2n) is 5.07. The van der Waals surface area contributed by atoms with Gasteiger partial charge in [0.05, 0.1) is 11.3 Å². The topological polar surface area (TPSA) is 66.4 Å². The number of rotatable bonds is 7. The van der Waals surface area contributed by atoms with Crippen molar-refractivity contribution in [3.05, 3.63) is 29.3 Å². The lowest BCUT2D eigenvalue weighted by atomic mass is 9.97. The third kappa shape index (κ3) is 4.08. The van der Waals surface area contributed by atoms with Crippen LogP contribution < -0.4 is 5.32 Å². The quantitative estimate of drug-likeness (QED) is 0.795. The van der Waals surface area contributed by atoms with Crippen molar-refractivity contribution in [1.82, 2.24) is 0 Å². The van der Waals surface area contributed by atoms with E-state index in [1.165, 1.54) is 0 Å². The molecule has 4 heteroatoms. The number of carbonyl (C=O) groups is 2. The van der Waals surface area contributed by atoms with Gasteiger partial charge in [0.25, 0.3) is 0 Å². The lowest BCUT2D eigenvalue weighted by molar-refractivity contribution is -0.120. The number of aromatic carboxylic acids is 1. The number of carboxylic acid groups (broad SMARTS) is 1. The van der Waals surface area contributed by atoms with Crippen LogP contribution in [0.1, 0.15) is 55.5 Å². The SMILES string of the molecule is CCCC(CCC)C(=O)Nc1cccc(C)c1C(=O)O. The normalized spacial score (nSPS) is 10.6. The Morgan fingerprint density at radius 2 is 1.80 bits per heavy atom. The fraction of sp³-hybridized carbons (Fsp3) is 0.500. The molecule has 1 amide bonds. The minimum Gasteiger partial charge on any atom is -0.478 e. The molecule has 0 aliphatic carbocycles. The van der Waals surface area contributed by atoms with Crippen LogP contribution in [0.3, 0.4) is 0 Å². The zero-order valence-corrected chi connectivity index (χ0v) is 12.4. The maximum atomic E-state index is 12.3. The maximum Gasteiger partial charge on any atom is 0.338 e. The van der Waals surface area contributed by atoms with Gasteiger partial charge in [-0.2, -0.15) is 0 Å². The van der Waals surface area contributed by atoms with Crippen LogP contribution >= 0.6 is 0 Å². The third-order valence-corrected chi connectivity index (χ3v) is 3.39. The number of carboxylic acids is 1. The van der Waals surface area contributed by atoms with Crippen molar-refractivity contribution in [1.29, 1.82) is 0 Å². The summed E-state index contributed by atoms with van der Waals surface area (Å²) >= 11 is 0. The molecule has 1 aromatic rings. The Labute approximate surface area is 120 Å². The molecule has 0 fully saturated rings. The summed E-state index contributed by atoms with van der Waals surface area (Å²) in [6.07, 6.45) is 3.54. The van der Waals surface area contributed by atoms with Gasteiger partial charge in [-0.05, 0) is 31.4 Å². The van der Waals surface area contributed by atoms with Gasteiger partial charge in [-0.25, -0.2) is 4.79 Å². The van der Waals surface area contributed by atoms with Crippen molar-refractivity contribution in [2.24, 2.45) is 5.92 Å². The predicted octanol–water partition coefficient (Wildman–Crippen LogP) is 3.85. The first-order chi connectivity index (χ1) is 9.51. The van der Waals surface area contributed by atoms with Crippen LogP contribution in [-0.2, 0) is 4.79 Å². The van der Waals surface area contributed by atoms with Crippen LogP contribution in [0, 0.1) is 12.8 Å². The largest absolute Gasteiger partial charge is 0.478 e. The van der Waals surface area contributed by atoms with Gasteiger partial charge >= 0.3 is 5.97 Å².